The highest BCUT2D eigenvalue weighted by Crippen LogP contribution is 2.40. The average Bonchev–Trinajstić information content (AvgIpc) is 3.29. The third kappa shape index (κ3) is 7.25. The first kappa shape index (κ1) is 30.1. The fourth-order valence-corrected chi connectivity index (χ4v) is 6.05. The molecule has 4 rings (SSSR count). The van der Waals surface area contributed by atoms with Crippen molar-refractivity contribution in [3.8, 4) is 0 Å². The molecule has 1 aromatic heterocycles. The van der Waals surface area contributed by atoms with Crippen LogP contribution < -0.4 is 16.0 Å². The van der Waals surface area contributed by atoms with Gasteiger partial charge in [-0.25, -0.2) is 4.79 Å². The van der Waals surface area contributed by atoms with Gasteiger partial charge >= 0.3 is 6.03 Å². The van der Waals surface area contributed by atoms with Gasteiger partial charge in [0.15, 0.2) is 0 Å². The summed E-state index contributed by atoms with van der Waals surface area (Å²) in [6.45, 7) is 8.24. The minimum absolute atomic E-state index is 0.280. The molecule has 1 fully saturated rings. The van der Waals surface area contributed by atoms with E-state index in [1.807, 2.05) is 57.2 Å². The highest BCUT2D eigenvalue weighted by molar-refractivity contribution is 8.00. The van der Waals surface area contributed by atoms with Crippen molar-refractivity contribution < 1.29 is 19.5 Å². The van der Waals surface area contributed by atoms with Gasteiger partial charge in [-0.3, -0.25) is 14.6 Å². The number of hydrogen-bond acceptors (Lipinski definition) is 6. The first-order valence-corrected chi connectivity index (χ1v) is 14.5. The first-order valence-electron chi connectivity index (χ1n) is 13.6. The summed E-state index contributed by atoms with van der Waals surface area (Å²) >= 11 is 1.49. The van der Waals surface area contributed by atoms with Crippen LogP contribution in [-0.4, -0.2) is 55.6 Å². The first-order chi connectivity index (χ1) is 19.6. The second-order valence-corrected chi connectivity index (χ2v) is 12.3. The van der Waals surface area contributed by atoms with Crippen LogP contribution in [0.25, 0.3) is 0 Å². The Morgan fingerprint density at radius 3 is 2.44 bits per heavy atom. The number of carbonyl (C=O) groups excluding carboxylic acids is 3. The number of aryl methyl sites for hydroxylation is 1. The Bertz CT molecular complexity index is 1380. The normalized spacial score (nSPS) is 17.4. The standard InChI is InChI=1S/C31H37N5O4S/c1-20-9-5-6-10-23(20)18-34-30(40)35-25-12-8-7-11-24(25)21(2)26(37)29(39)36-19-41-31(3,4)27(36)28(38)33-17-22-13-15-32-16-14-22/h5-16,21,26-27,37H,17-19H2,1-4H3,(H,33,38)(H2,34,35,40)/t21-,26-,27?/m0/s1. The molecule has 0 spiro atoms. The molecule has 3 atom stereocenters. The van der Waals surface area contributed by atoms with Gasteiger partial charge in [0.2, 0.25) is 5.91 Å². The van der Waals surface area contributed by atoms with Crippen LogP contribution in [-0.2, 0) is 22.7 Å². The number of aliphatic hydroxyl groups is 1. The number of pyridine rings is 1. The van der Waals surface area contributed by atoms with Gasteiger partial charge in [0.05, 0.1) is 5.88 Å². The van der Waals surface area contributed by atoms with Crippen molar-refractivity contribution in [2.45, 2.75) is 63.6 Å². The second-order valence-electron chi connectivity index (χ2n) is 10.7. The van der Waals surface area contributed by atoms with E-state index in [4.69, 9.17) is 0 Å². The quantitative estimate of drug-likeness (QED) is 0.304. The van der Waals surface area contributed by atoms with Gasteiger partial charge in [-0.05, 0) is 61.2 Å². The van der Waals surface area contributed by atoms with Crippen molar-refractivity contribution in [3.05, 3.63) is 95.3 Å². The summed E-state index contributed by atoms with van der Waals surface area (Å²) in [6.07, 6.45) is 1.90. The van der Waals surface area contributed by atoms with Gasteiger partial charge < -0.3 is 26.0 Å². The van der Waals surface area contributed by atoms with Gasteiger partial charge in [0.1, 0.15) is 12.1 Å². The zero-order chi connectivity index (χ0) is 29.6. The second kappa shape index (κ2) is 13.2. The highest BCUT2D eigenvalue weighted by Gasteiger charge is 2.49. The molecule has 41 heavy (non-hydrogen) atoms. The van der Waals surface area contributed by atoms with Crippen molar-refractivity contribution in [1.82, 2.24) is 20.5 Å². The summed E-state index contributed by atoms with van der Waals surface area (Å²) in [5, 5.41) is 19.9. The molecular formula is C31H37N5O4S. The van der Waals surface area contributed by atoms with Gasteiger partial charge in [-0.1, -0.05) is 49.4 Å². The van der Waals surface area contributed by atoms with E-state index in [-0.39, 0.29) is 11.8 Å². The van der Waals surface area contributed by atoms with Gasteiger partial charge in [0.25, 0.3) is 5.91 Å². The molecular weight excluding hydrogens is 538 g/mol. The molecule has 1 aliphatic rings. The maximum atomic E-state index is 13.6. The van der Waals surface area contributed by atoms with Crippen LogP contribution in [0.15, 0.2) is 73.1 Å². The third-order valence-electron chi connectivity index (χ3n) is 7.42. The molecule has 0 saturated carbocycles. The summed E-state index contributed by atoms with van der Waals surface area (Å²) < 4.78 is -0.546. The number of amides is 4. The van der Waals surface area contributed by atoms with Crippen LogP contribution in [0.5, 0.6) is 0 Å². The number of aromatic nitrogens is 1. The molecule has 0 aliphatic carbocycles. The van der Waals surface area contributed by atoms with E-state index in [1.54, 1.807) is 43.6 Å². The molecule has 1 unspecified atom stereocenters. The molecule has 2 aromatic carbocycles. The predicted molar refractivity (Wildman–Crippen MR) is 161 cm³/mol. The lowest BCUT2D eigenvalue weighted by Crippen LogP contribution is -2.55. The topological polar surface area (TPSA) is 124 Å². The lowest BCUT2D eigenvalue weighted by molar-refractivity contribution is -0.146. The number of anilines is 1. The maximum absolute atomic E-state index is 13.6. The van der Waals surface area contributed by atoms with Crippen LogP contribution in [0.4, 0.5) is 10.5 Å². The zero-order valence-corrected chi connectivity index (χ0v) is 24.6. The Hall–Kier alpha value is -3.89. The maximum Gasteiger partial charge on any atom is 0.319 e. The number of rotatable bonds is 9. The Balaban J connectivity index is 1.43. The fraction of sp³-hybridized carbons (Fsp3) is 0.355. The molecule has 3 aromatic rings. The lowest BCUT2D eigenvalue weighted by Gasteiger charge is -2.32. The molecule has 4 amide bonds. The van der Waals surface area contributed by atoms with E-state index in [9.17, 15) is 19.5 Å². The molecule has 9 nitrogen and oxygen atoms in total. The molecule has 216 valence electrons. The minimum atomic E-state index is -1.42. The number of nitrogens with zero attached hydrogens (tertiary/aromatic N) is 2. The molecule has 1 saturated heterocycles. The van der Waals surface area contributed by atoms with Gasteiger partial charge in [-0.15, -0.1) is 11.8 Å². The zero-order valence-electron chi connectivity index (χ0n) is 23.8. The van der Waals surface area contributed by atoms with Crippen molar-refractivity contribution >= 4 is 35.3 Å². The Morgan fingerprint density at radius 1 is 1.02 bits per heavy atom. The largest absolute Gasteiger partial charge is 0.383 e. The molecule has 0 bridgehead atoms. The number of thioether (sulfide) groups is 1. The minimum Gasteiger partial charge on any atom is -0.383 e. The molecule has 1 aliphatic heterocycles. The van der Waals surface area contributed by atoms with Crippen LogP contribution >= 0.6 is 11.8 Å². The van der Waals surface area contributed by atoms with Gasteiger partial charge in [-0.2, -0.15) is 0 Å². The number of benzene rings is 2. The SMILES string of the molecule is Cc1ccccc1CNC(=O)Nc1ccccc1[C@H](C)[C@H](O)C(=O)N1CSC(C)(C)C1C(=O)NCc1ccncc1. The Labute approximate surface area is 245 Å². The summed E-state index contributed by atoms with van der Waals surface area (Å²) in [5.41, 5.74) is 4.10. The van der Waals surface area contributed by atoms with E-state index in [2.05, 4.69) is 20.9 Å². The smallest absolute Gasteiger partial charge is 0.319 e. The lowest BCUT2D eigenvalue weighted by atomic mass is 9.92. The van der Waals surface area contributed by atoms with Crippen molar-refractivity contribution in [2.24, 2.45) is 0 Å². The summed E-state index contributed by atoms with van der Waals surface area (Å²) in [7, 11) is 0. The summed E-state index contributed by atoms with van der Waals surface area (Å²) in [4.78, 5) is 45.1. The van der Waals surface area contributed by atoms with E-state index in [0.29, 0.717) is 24.3 Å². The number of hydrogen-bond donors (Lipinski definition) is 4. The van der Waals surface area contributed by atoms with E-state index in [1.165, 1.54) is 16.7 Å². The molecule has 2 heterocycles. The summed E-state index contributed by atoms with van der Waals surface area (Å²) in [6, 6.07) is 17.4. The Morgan fingerprint density at radius 2 is 1.71 bits per heavy atom. The number of aliphatic hydroxyl groups excluding tert-OH is 1. The summed E-state index contributed by atoms with van der Waals surface area (Å²) in [5.74, 6) is -1.18. The van der Waals surface area contributed by atoms with Crippen LogP contribution in [0, 0.1) is 6.92 Å². The van der Waals surface area contributed by atoms with Crippen molar-refractivity contribution in [2.75, 3.05) is 11.2 Å². The third-order valence-corrected chi connectivity index (χ3v) is 8.79. The molecule has 10 heteroatoms. The Kier molecular flexibility index (Phi) is 9.67. The number of nitrogens with one attached hydrogen (secondary N) is 3. The molecule has 0 radical (unpaired) electrons. The number of urea groups is 1. The van der Waals surface area contributed by atoms with Crippen LogP contribution in [0.1, 0.15) is 48.9 Å². The van der Waals surface area contributed by atoms with Crippen LogP contribution in [0.3, 0.4) is 0 Å². The van der Waals surface area contributed by atoms with E-state index in [0.717, 1.165) is 16.7 Å². The molecule has 4 N–H and O–H groups in total. The average molecular weight is 576 g/mol. The monoisotopic (exact) mass is 575 g/mol. The van der Waals surface area contributed by atoms with E-state index < -0.39 is 34.7 Å². The van der Waals surface area contributed by atoms with Crippen molar-refractivity contribution in [1.29, 1.82) is 0 Å². The highest BCUT2D eigenvalue weighted by atomic mass is 32.2. The fourth-order valence-electron chi connectivity index (χ4n) is 4.91. The number of para-hydroxylation sites is 1. The van der Waals surface area contributed by atoms with E-state index >= 15 is 0 Å². The van der Waals surface area contributed by atoms with Crippen LogP contribution in [0.2, 0.25) is 0 Å². The number of carbonyl (C=O) groups is 3. The predicted octanol–water partition coefficient (Wildman–Crippen LogP) is 4.17. The van der Waals surface area contributed by atoms with Gasteiger partial charge in [0, 0.05) is 41.8 Å². The van der Waals surface area contributed by atoms with Crippen molar-refractivity contribution in [3.63, 3.8) is 0 Å².